The van der Waals surface area contributed by atoms with E-state index in [1.165, 1.54) is 11.3 Å². The van der Waals surface area contributed by atoms with Crippen molar-refractivity contribution in [3.8, 4) is 5.75 Å². The third kappa shape index (κ3) is 4.77. The molecule has 2 aromatic carbocycles. The predicted octanol–water partition coefficient (Wildman–Crippen LogP) is 4.07. The number of aryl methyl sites for hydroxylation is 1. The van der Waals surface area contributed by atoms with Gasteiger partial charge in [0.05, 0.1) is 5.92 Å². The molecule has 9 heteroatoms. The van der Waals surface area contributed by atoms with Gasteiger partial charge in [0.2, 0.25) is 16.9 Å². The Kier molecular flexibility index (Phi) is 5.96. The van der Waals surface area contributed by atoms with Gasteiger partial charge in [-0.1, -0.05) is 40.6 Å². The second-order valence-corrected chi connectivity index (χ2v) is 8.47. The molecule has 2 heterocycles. The summed E-state index contributed by atoms with van der Waals surface area (Å²) in [5.41, 5.74) is 1.92. The molecular weight excluding hydrogens is 424 g/mol. The molecule has 0 aliphatic carbocycles. The summed E-state index contributed by atoms with van der Waals surface area (Å²) in [4.78, 5) is 26.6. The van der Waals surface area contributed by atoms with E-state index in [1.807, 2.05) is 31.2 Å². The summed E-state index contributed by atoms with van der Waals surface area (Å²) in [6.07, 6.45) is 0.172. The third-order valence-electron chi connectivity index (χ3n) is 4.71. The van der Waals surface area contributed by atoms with Crippen molar-refractivity contribution in [1.29, 1.82) is 0 Å². The first-order chi connectivity index (χ1) is 14.5. The van der Waals surface area contributed by atoms with Crippen molar-refractivity contribution in [3.63, 3.8) is 0 Å². The van der Waals surface area contributed by atoms with E-state index in [0.717, 1.165) is 11.3 Å². The molecule has 0 spiro atoms. The predicted molar refractivity (Wildman–Crippen MR) is 116 cm³/mol. The molecule has 0 bridgehead atoms. The molecule has 30 heavy (non-hydrogen) atoms. The Morgan fingerprint density at radius 1 is 1.20 bits per heavy atom. The van der Waals surface area contributed by atoms with E-state index in [9.17, 15) is 9.59 Å². The summed E-state index contributed by atoms with van der Waals surface area (Å²) >= 11 is 7.09. The molecular formula is C21H19ClN4O3S. The monoisotopic (exact) mass is 442 g/mol. The number of nitrogens with zero attached hydrogens (tertiary/aromatic N) is 3. The fourth-order valence-corrected chi connectivity index (χ4v) is 3.89. The van der Waals surface area contributed by atoms with Gasteiger partial charge in [0.1, 0.15) is 12.4 Å². The van der Waals surface area contributed by atoms with E-state index in [2.05, 4.69) is 15.5 Å². The van der Waals surface area contributed by atoms with E-state index in [4.69, 9.17) is 16.3 Å². The number of aromatic nitrogens is 2. The molecule has 0 radical (unpaired) electrons. The van der Waals surface area contributed by atoms with Crippen LogP contribution >= 0.6 is 22.9 Å². The highest BCUT2D eigenvalue weighted by Crippen LogP contribution is 2.27. The van der Waals surface area contributed by atoms with Crippen molar-refractivity contribution in [3.05, 3.63) is 64.1 Å². The molecule has 2 amide bonds. The molecule has 1 aromatic heterocycles. The molecule has 0 unspecified atom stereocenters. The first-order valence-electron chi connectivity index (χ1n) is 9.36. The molecule has 1 atom stereocenters. The molecule has 1 fully saturated rings. The van der Waals surface area contributed by atoms with Gasteiger partial charge in [0, 0.05) is 23.7 Å². The Balaban J connectivity index is 1.32. The fourth-order valence-electron chi connectivity index (χ4n) is 3.10. The van der Waals surface area contributed by atoms with Gasteiger partial charge >= 0.3 is 0 Å². The first-order valence-corrected chi connectivity index (χ1v) is 10.6. The van der Waals surface area contributed by atoms with Gasteiger partial charge in [-0.05, 0) is 43.3 Å². The minimum atomic E-state index is -0.434. The van der Waals surface area contributed by atoms with Crippen LogP contribution in [0.15, 0.2) is 48.5 Å². The zero-order valence-electron chi connectivity index (χ0n) is 16.2. The second kappa shape index (κ2) is 8.81. The van der Waals surface area contributed by atoms with Crippen molar-refractivity contribution >= 4 is 45.6 Å². The van der Waals surface area contributed by atoms with Gasteiger partial charge in [0.15, 0.2) is 5.01 Å². The lowest BCUT2D eigenvalue weighted by atomic mass is 10.1. The summed E-state index contributed by atoms with van der Waals surface area (Å²) in [6, 6.07) is 14.7. The van der Waals surface area contributed by atoms with E-state index in [-0.39, 0.29) is 24.8 Å². The number of rotatable bonds is 6. The molecule has 3 aromatic rings. The molecule has 1 aliphatic rings. The lowest BCUT2D eigenvalue weighted by Crippen LogP contribution is -2.28. The van der Waals surface area contributed by atoms with Crippen molar-refractivity contribution in [2.45, 2.75) is 20.0 Å². The summed E-state index contributed by atoms with van der Waals surface area (Å²) in [7, 11) is 0. The average Bonchev–Trinajstić information content (AvgIpc) is 3.35. The number of benzene rings is 2. The summed E-state index contributed by atoms with van der Waals surface area (Å²) < 4.78 is 5.64. The van der Waals surface area contributed by atoms with Crippen LogP contribution in [-0.2, 0) is 16.2 Å². The number of halogens is 1. The normalized spacial score (nSPS) is 16.0. The largest absolute Gasteiger partial charge is 0.486 e. The number of nitrogens with one attached hydrogen (secondary N) is 1. The standard InChI is InChI=1S/C21H19ClN4O3S/c1-13-2-6-16(7-3-13)26-11-14(10-19(26)27)20(28)23-21-25-24-18(30-21)12-29-17-8-4-15(22)5-9-17/h2-9,14H,10-12H2,1H3,(H,23,25,28)/t14-/m0/s1. The highest BCUT2D eigenvalue weighted by atomic mass is 35.5. The molecule has 0 saturated carbocycles. The second-order valence-electron chi connectivity index (χ2n) is 6.97. The van der Waals surface area contributed by atoms with E-state index < -0.39 is 5.92 Å². The van der Waals surface area contributed by atoms with Crippen LogP contribution in [0.3, 0.4) is 0 Å². The van der Waals surface area contributed by atoms with Crippen LogP contribution in [0.2, 0.25) is 5.02 Å². The SMILES string of the molecule is Cc1ccc(N2C[C@@H](C(=O)Nc3nnc(COc4ccc(Cl)cc4)s3)CC2=O)cc1. The van der Waals surface area contributed by atoms with Crippen molar-refractivity contribution < 1.29 is 14.3 Å². The summed E-state index contributed by atoms with van der Waals surface area (Å²) in [5.74, 6) is -0.0649. The maximum Gasteiger partial charge on any atom is 0.231 e. The lowest BCUT2D eigenvalue weighted by Gasteiger charge is -2.16. The average molecular weight is 443 g/mol. The molecule has 7 nitrogen and oxygen atoms in total. The van der Waals surface area contributed by atoms with Crippen molar-refractivity contribution in [2.75, 3.05) is 16.8 Å². The lowest BCUT2D eigenvalue weighted by molar-refractivity contribution is -0.122. The molecule has 154 valence electrons. The third-order valence-corrected chi connectivity index (χ3v) is 5.78. The maximum atomic E-state index is 12.6. The Hall–Kier alpha value is -2.97. The van der Waals surface area contributed by atoms with Crippen LogP contribution in [0, 0.1) is 12.8 Å². The van der Waals surface area contributed by atoms with Crippen LogP contribution in [0.4, 0.5) is 10.8 Å². The molecule has 1 saturated heterocycles. The number of carbonyl (C=O) groups is 2. The van der Waals surface area contributed by atoms with Gasteiger partial charge in [-0.3, -0.25) is 9.59 Å². The summed E-state index contributed by atoms with van der Waals surface area (Å²) in [6.45, 7) is 2.57. The molecule has 4 rings (SSSR count). The highest BCUT2D eigenvalue weighted by molar-refractivity contribution is 7.15. The smallest absolute Gasteiger partial charge is 0.231 e. The van der Waals surface area contributed by atoms with Crippen molar-refractivity contribution in [1.82, 2.24) is 10.2 Å². The van der Waals surface area contributed by atoms with Crippen LogP contribution in [0.5, 0.6) is 5.75 Å². The van der Waals surface area contributed by atoms with E-state index in [0.29, 0.717) is 27.5 Å². The zero-order chi connectivity index (χ0) is 21.1. The Morgan fingerprint density at radius 3 is 2.67 bits per heavy atom. The number of hydrogen-bond acceptors (Lipinski definition) is 6. The highest BCUT2D eigenvalue weighted by Gasteiger charge is 2.35. The molecule has 1 N–H and O–H groups in total. The van der Waals surface area contributed by atoms with Crippen molar-refractivity contribution in [2.24, 2.45) is 5.92 Å². The van der Waals surface area contributed by atoms with Crippen LogP contribution in [0.1, 0.15) is 17.0 Å². The number of carbonyl (C=O) groups excluding carboxylic acids is 2. The van der Waals surface area contributed by atoms with Gasteiger partial charge in [0.25, 0.3) is 0 Å². The zero-order valence-corrected chi connectivity index (χ0v) is 17.7. The van der Waals surface area contributed by atoms with Gasteiger partial charge < -0.3 is 15.0 Å². The van der Waals surface area contributed by atoms with Crippen LogP contribution in [-0.4, -0.2) is 28.6 Å². The fraction of sp³-hybridized carbons (Fsp3) is 0.238. The van der Waals surface area contributed by atoms with Crippen LogP contribution < -0.4 is 15.0 Å². The minimum Gasteiger partial charge on any atom is -0.486 e. The summed E-state index contributed by atoms with van der Waals surface area (Å²) in [5, 5.41) is 12.4. The Bertz CT molecular complexity index is 1050. The Morgan fingerprint density at radius 2 is 1.93 bits per heavy atom. The topological polar surface area (TPSA) is 84.4 Å². The Labute approximate surface area is 182 Å². The van der Waals surface area contributed by atoms with E-state index in [1.54, 1.807) is 29.2 Å². The molecule has 1 aliphatic heterocycles. The number of anilines is 2. The van der Waals surface area contributed by atoms with Crippen LogP contribution in [0.25, 0.3) is 0 Å². The van der Waals surface area contributed by atoms with E-state index >= 15 is 0 Å². The maximum absolute atomic E-state index is 12.6. The minimum absolute atomic E-state index is 0.0617. The van der Waals surface area contributed by atoms with Gasteiger partial charge in [-0.15, -0.1) is 10.2 Å². The quantitative estimate of drug-likeness (QED) is 0.622. The number of hydrogen-bond donors (Lipinski definition) is 1. The number of amides is 2. The number of ether oxygens (including phenoxy) is 1. The van der Waals surface area contributed by atoms with Gasteiger partial charge in [-0.2, -0.15) is 0 Å². The van der Waals surface area contributed by atoms with Gasteiger partial charge in [-0.25, -0.2) is 0 Å². The first kappa shape index (κ1) is 20.3.